The van der Waals surface area contributed by atoms with Crippen LogP contribution in [0.1, 0.15) is 55.3 Å². The SMILES string of the molecule is CN[C@@H](C)C(=O)N[C@H](C(=O)N1CCc2ccccc2[C@H]1C(=O)Cc1c(F)cccc1F)C1CCCC1. The second-order valence-corrected chi connectivity index (χ2v) is 9.77. The van der Waals surface area contributed by atoms with Crippen LogP contribution in [-0.4, -0.2) is 48.2 Å². The van der Waals surface area contributed by atoms with Crippen molar-refractivity contribution in [3.63, 3.8) is 0 Å². The van der Waals surface area contributed by atoms with Crippen molar-refractivity contribution in [2.75, 3.05) is 13.6 Å². The molecule has 0 aromatic heterocycles. The molecule has 2 aromatic carbocycles. The normalized spacial score (nSPS) is 19.4. The van der Waals surface area contributed by atoms with Gasteiger partial charge in [0.15, 0.2) is 5.78 Å². The van der Waals surface area contributed by atoms with Crippen molar-refractivity contribution >= 4 is 17.6 Å². The van der Waals surface area contributed by atoms with Gasteiger partial charge in [-0.25, -0.2) is 8.78 Å². The van der Waals surface area contributed by atoms with Crippen LogP contribution in [0.4, 0.5) is 8.78 Å². The van der Waals surface area contributed by atoms with Crippen molar-refractivity contribution in [1.82, 2.24) is 15.5 Å². The summed E-state index contributed by atoms with van der Waals surface area (Å²) in [5.41, 5.74) is 1.29. The van der Waals surface area contributed by atoms with Crippen LogP contribution in [0.5, 0.6) is 0 Å². The first-order valence-corrected chi connectivity index (χ1v) is 12.6. The summed E-state index contributed by atoms with van der Waals surface area (Å²) in [6.07, 6.45) is 3.66. The molecule has 1 aliphatic carbocycles. The van der Waals surface area contributed by atoms with Gasteiger partial charge in [0, 0.05) is 18.5 Å². The molecular weight excluding hydrogens is 464 g/mol. The fraction of sp³-hybridized carbons (Fsp3) is 0.464. The molecule has 1 aliphatic heterocycles. The molecule has 3 atom stereocenters. The number of nitrogens with one attached hydrogen (secondary N) is 2. The van der Waals surface area contributed by atoms with Gasteiger partial charge in [0.2, 0.25) is 11.8 Å². The molecule has 0 radical (unpaired) electrons. The van der Waals surface area contributed by atoms with E-state index in [4.69, 9.17) is 0 Å². The number of ketones is 1. The first-order chi connectivity index (χ1) is 17.3. The fourth-order valence-corrected chi connectivity index (χ4v) is 5.38. The third kappa shape index (κ3) is 5.33. The van der Waals surface area contributed by atoms with E-state index in [1.807, 2.05) is 12.1 Å². The van der Waals surface area contributed by atoms with E-state index in [1.165, 1.54) is 11.0 Å². The molecule has 1 saturated carbocycles. The highest BCUT2D eigenvalue weighted by Crippen LogP contribution is 2.35. The van der Waals surface area contributed by atoms with Crippen LogP contribution in [0.2, 0.25) is 0 Å². The number of Topliss-reactive ketones (excluding diaryl/α,β-unsaturated/α-hetero) is 1. The number of halogens is 2. The average Bonchev–Trinajstić information content (AvgIpc) is 3.42. The maximum Gasteiger partial charge on any atom is 0.246 e. The number of benzene rings is 2. The third-order valence-electron chi connectivity index (χ3n) is 7.55. The van der Waals surface area contributed by atoms with E-state index in [2.05, 4.69) is 10.6 Å². The number of fused-ring (bicyclic) bond motifs is 1. The van der Waals surface area contributed by atoms with Crippen LogP contribution in [0.25, 0.3) is 0 Å². The molecule has 2 aliphatic rings. The third-order valence-corrected chi connectivity index (χ3v) is 7.55. The van der Waals surface area contributed by atoms with Crippen molar-refractivity contribution in [3.8, 4) is 0 Å². The minimum Gasteiger partial charge on any atom is -0.343 e. The Balaban J connectivity index is 1.68. The minimum atomic E-state index is -0.982. The maximum atomic E-state index is 14.4. The first-order valence-electron chi connectivity index (χ1n) is 12.6. The number of carbonyl (C=O) groups is 3. The lowest BCUT2D eigenvalue weighted by molar-refractivity contribution is -0.144. The zero-order valence-corrected chi connectivity index (χ0v) is 20.7. The summed E-state index contributed by atoms with van der Waals surface area (Å²) < 4.78 is 28.8. The van der Waals surface area contributed by atoms with Crippen LogP contribution in [-0.2, 0) is 27.2 Å². The quantitative estimate of drug-likeness (QED) is 0.585. The summed E-state index contributed by atoms with van der Waals surface area (Å²) in [5, 5.41) is 5.83. The summed E-state index contributed by atoms with van der Waals surface area (Å²) in [6, 6.07) is 8.64. The van der Waals surface area contributed by atoms with Gasteiger partial charge in [0.05, 0.1) is 6.04 Å². The molecule has 192 valence electrons. The molecule has 2 aromatic rings. The van der Waals surface area contributed by atoms with Gasteiger partial charge in [-0.1, -0.05) is 43.2 Å². The van der Waals surface area contributed by atoms with E-state index in [9.17, 15) is 23.2 Å². The Labute approximate surface area is 210 Å². The van der Waals surface area contributed by atoms with Gasteiger partial charge in [-0.3, -0.25) is 14.4 Å². The Morgan fingerprint density at radius 1 is 1.03 bits per heavy atom. The average molecular weight is 498 g/mol. The molecular formula is C28H33F2N3O3. The van der Waals surface area contributed by atoms with Crippen molar-refractivity contribution in [2.45, 2.75) is 63.6 Å². The molecule has 0 unspecified atom stereocenters. The molecule has 1 fully saturated rings. The lowest BCUT2D eigenvalue weighted by Crippen LogP contribution is -2.57. The van der Waals surface area contributed by atoms with Crippen molar-refractivity contribution in [2.24, 2.45) is 5.92 Å². The van der Waals surface area contributed by atoms with Gasteiger partial charge in [-0.2, -0.15) is 0 Å². The van der Waals surface area contributed by atoms with Crippen LogP contribution in [0.15, 0.2) is 42.5 Å². The number of carbonyl (C=O) groups excluding carboxylic acids is 3. The molecule has 0 saturated heterocycles. The predicted octanol–water partition coefficient (Wildman–Crippen LogP) is 3.49. The summed E-state index contributed by atoms with van der Waals surface area (Å²) in [7, 11) is 1.68. The minimum absolute atomic E-state index is 0.0255. The van der Waals surface area contributed by atoms with Crippen LogP contribution >= 0.6 is 0 Å². The first kappa shape index (κ1) is 25.9. The van der Waals surface area contributed by atoms with Crippen LogP contribution in [0.3, 0.4) is 0 Å². The molecule has 2 N–H and O–H groups in total. The predicted molar refractivity (Wildman–Crippen MR) is 132 cm³/mol. The lowest BCUT2D eigenvalue weighted by atomic mass is 9.86. The van der Waals surface area contributed by atoms with Crippen LogP contribution in [0, 0.1) is 17.6 Å². The van der Waals surface area contributed by atoms with Gasteiger partial charge in [0.1, 0.15) is 23.7 Å². The van der Waals surface area contributed by atoms with E-state index in [1.54, 1.807) is 26.1 Å². The number of nitrogens with zero attached hydrogens (tertiary/aromatic N) is 1. The van der Waals surface area contributed by atoms with E-state index in [-0.39, 0.29) is 29.8 Å². The largest absolute Gasteiger partial charge is 0.343 e. The molecule has 4 rings (SSSR count). The Hall–Kier alpha value is -3.13. The Kier molecular flexibility index (Phi) is 8.14. The highest BCUT2D eigenvalue weighted by atomic mass is 19.1. The monoisotopic (exact) mass is 497 g/mol. The van der Waals surface area contributed by atoms with E-state index < -0.39 is 42.0 Å². The van der Waals surface area contributed by atoms with Gasteiger partial charge in [-0.15, -0.1) is 0 Å². The van der Waals surface area contributed by atoms with Gasteiger partial charge in [-0.05, 0) is 62.4 Å². The maximum absolute atomic E-state index is 14.4. The number of rotatable bonds is 8. The number of likely N-dealkylation sites (N-methyl/N-ethyl adjacent to an activating group) is 1. The topological polar surface area (TPSA) is 78.5 Å². The highest BCUT2D eigenvalue weighted by Gasteiger charge is 2.42. The number of hydrogen-bond donors (Lipinski definition) is 2. The Bertz CT molecular complexity index is 1110. The summed E-state index contributed by atoms with van der Waals surface area (Å²) >= 11 is 0. The zero-order valence-electron chi connectivity index (χ0n) is 20.7. The van der Waals surface area contributed by atoms with Crippen molar-refractivity contribution in [3.05, 3.63) is 70.8 Å². The smallest absolute Gasteiger partial charge is 0.246 e. The Morgan fingerprint density at radius 3 is 2.36 bits per heavy atom. The molecule has 0 bridgehead atoms. The standard InChI is InChI=1S/C28H33F2N3O3/c1-17(31-2)27(35)32-25(19-9-3-4-10-19)28(36)33-15-14-18-8-5-6-11-20(18)26(33)24(34)16-21-22(29)12-7-13-23(21)30/h5-8,11-13,17,19,25-26,31H,3-4,9-10,14-16H2,1-2H3,(H,32,35)/t17-,25-,26-/m0/s1. The van der Waals surface area contributed by atoms with E-state index >= 15 is 0 Å². The van der Waals surface area contributed by atoms with Crippen molar-refractivity contribution in [1.29, 1.82) is 0 Å². The number of amides is 2. The summed E-state index contributed by atoms with van der Waals surface area (Å²) in [4.78, 5) is 42.0. The van der Waals surface area contributed by atoms with Crippen LogP contribution < -0.4 is 10.6 Å². The Morgan fingerprint density at radius 2 is 1.69 bits per heavy atom. The molecule has 8 heteroatoms. The lowest BCUT2D eigenvalue weighted by Gasteiger charge is -2.39. The molecule has 6 nitrogen and oxygen atoms in total. The summed E-state index contributed by atoms with van der Waals surface area (Å²) in [6.45, 7) is 2.00. The zero-order chi connectivity index (χ0) is 25.8. The van der Waals surface area contributed by atoms with Crippen molar-refractivity contribution < 1.29 is 23.2 Å². The molecule has 1 heterocycles. The summed E-state index contributed by atoms with van der Waals surface area (Å²) in [5.74, 6) is -2.66. The van der Waals surface area contributed by atoms with E-state index in [0.717, 1.165) is 43.4 Å². The van der Waals surface area contributed by atoms with Gasteiger partial charge >= 0.3 is 0 Å². The highest BCUT2D eigenvalue weighted by molar-refractivity contribution is 5.95. The van der Waals surface area contributed by atoms with Gasteiger partial charge in [0.25, 0.3) is 0 Å². The molecule has 0 spiro atoms. The molecule has 36 heavy (non-hydrogen) atoms. The van der Waals surface area contributed by atoms with Gasteiger partial charge < -0.3 is 15.5 Å². The van der Waals surface area contributed by atoms with E-state index in [0.29, 0.717) is 12.0 Å². The second-order valence-electron chi connectivity index (χ2n) is 9.77. The second kappa shape index (κ2) is 11.3. The molecule has 2 amide bonds. The number of hydrogen-bond acceptors (Lipinski definition) is 4. The fourth-order valence-electron chi connectivity index (χ4n) is 5.38.